The van der Waals surface area contributed by atoms with Crippen molar-refractivity contribution >= 4 is 34.6 Å². The largest absolute Gasteiger partial charge is 0.380 e. The highest BCUT2D eigenvalue weighted by Gasteiger charge is 2.11. The van der Waals surface area contributed by atoms with Crippen molar-refractivity contribution in [3.63, 3.8) is 0 Å². The summed E-state index contributed by atoms with van der Waals surface area (Å²) in [7, 11) is 0. The molecule has 0 heterocycles. The number of aryl methyl sites for hydroxylation is 1. The molecular formula is C14H12Cl2N2O2. The van der Waals surface area contributed by atoms with Crippen LogP contribution in [0.5, 0.6) is 0 Å². The molecule has 0 saturated heterocycles. The Morgan fingerprint density at radius 3 is 2.70 bits per heavy atom. The van der Waals surface area contributed by atoms with Crippen LogP contribution >= 0.6 is 23.2 Å². The lowest BCUT2D eigenvalue weighted by Gasteiger charge is -2.09. The van der Waals surface area contributed by atoms with Gasteiger partial charge in [0.25, 0.3) is 5.69 Å². The number of nitro benzene ring substituents is 1. The zero-order valence-corrected chi connectivity index (χ0v) is 12.2. The van der Waals surface area contributed by atoms with Gasteiger partial charge in [0, 0.05) is 18.2 Å². The van der Waals surface area contributed by atoms with E-state index in [4.69, 9.17) is 23.2 Å². The van der Waals surface area contributed by atoms with Gasteiger partial charge in [-0.1, -0.05) is 41.4 Å². The minimum absolute atomic E-state index is 0.112. The van der Waals surface area contributed by atoms with Gasteiger partial charge in [-0.3, -0.25) is 10.1 Å². The van der Waals surface area contributed by atoms with E-state index in [1.807, 2.05) is 6.07 Å². The molecule has 6 heteroatoms. The monoisotopic (exact) mass is 310 g/mol. The number of hydrogen-bond acceptors (Lipinski definition) is 3. The maximum atomic E-state index is 10.9. The van der Waals surface area contributed by atoms with Crippen molar-refractivity contribution in [3.8, 4) is 0 Å². The molecule has 0 fully saturated rings. The Bertz CT molecular complexity index is 660. The third-order valence-electron chi connectivity index (χ3n) is 2.90. The summed E-state index contributed by atoms with van der Waals surface area (Å²) in [4.78, 5) is 10.5. The van der Waals surface area contributed by atoms with Gasteiger partial charge in [0.15, 0.2) is 0 Å². The average Bonchev–Trinajstić information content (AvgIpc) is 2.41. The van der Waals surface area contributed by atoms with Crippen molar-refractivity contribution in [1.82, 2.24) is 0 Å². The average molecular weight is 311 g/mol. The number of nitrogens with one attached hydrogen (secondary N) is 1. The predicted octanol–water partition coefficient (Wildman–Crippen LogP) is 4.82. The second-order valence-electron chi connectivity index (χ2n) is 4.33. The number of benzene rings is 2. The lowest BCUT2D eigenvalue weighted by molar-refractivity contribution is -0.385. The van der Waals surface area contributed by atoms with E-state index in [9.17, 15) is 10.1 Å². The first-order valence-electron chi connectivity index (χ1n) is 5.91. The molecule has 0 aliphatic rings. The molecule has 0 atom stereocenters. The Labute approximate surface area is 126 Å². The summed E-state index contributed by atoms with van der Waals surface area (Å²) in [6.07, 6.45) is 0. The molecule has 1 N–H and O–H groups in total. The topological polar surface area (TPSA) is 55.2 Å². The van der Waals surface area contributed by atoms with Gasteiger partial charge in [0.05, 0.1) is 20.7 Å². The van der Waals surface area contributed by atoms with Gasteiger partial charge in [0.2, 0.25) is 0 Å². The van der Waals surface area contributed by atoms with Gasteiger partial charge < -0.3 is 5.32 Å². The van der Waals surface area contributed by atoms with Crippen molar-refractivity contribution in [2.24, 2.45) is 0 Å². The summed E-state index contributed by atoms with van der Waals surface area (Å²) in [6, 6.07) is 10.4. The van der Waals surface area contributed by atoms with Gasteiger partial charge >= 0.3 is 0 Å². The first kappa shape index (κ1) is 14.6. The summed E-state index contributed by atoms with van der Waals surface area (Å²) in [6.45, 7) is 2.14. The molecule has 4 nitrogen and oxygen atoms in total. The van der Waals surface area contributed by atoms with E-state index in [1.165, 1.54) is 0 Å². The third-order valence-corrected chi connectivity index (χ3v) is 3.72. The van der Waals surface area contributed by atoms with Crippen LogP contribution in [0.4, 0.5) is 11.4 Å². The quantitative estimate of drug-likeness (QED) is 0.650. The molecule has 0 aliphatic heterocycles. The molecule has 0 saturated carbocycles. The summed E-state index contributed by atoms with van der Waals surface area (Å²) >= 11 is 12.0. The Balaban J connectivity index is 2.17. The van der Waals surface area contributed by atoms with Crippen LogP contribution in [-0.2, 0) is 6.54 Å². The Morgan fingerprint density at radius 1 is 1.25 bits per heavy atom. The Kier molecular flexibility index (Phi) is 4.47. The maximum Gasteiger partial charge on any atom is 0.272 e. The van der Waals surface area contributed by atoms with Gasteiger partial charge in [-0.15, -0.1) is 0 Å². The molecule has 0 unspecified atom stereocenters. The molecular weight excluding hydrogens is 299 g/mol. The lowest BCUT2D eigenvalue weighted by Crippen LogP contribution is -2.01. The molecule has 0 spiro atoms. The lowest BCUT2D eigenvalue weighted by atomic mass is 10.1. The second-order valence-corrected chi connectivity index (χ2v) is 5.12. The molecule has 20 heavy (non-hydrogen) atoms. The molecule has 2 aromatic carbocycles. The zero-order chi connectivity index (χ0) is 14.7. The van der Waals surface area contributed by atoms with Crippen LogP contribution in [0.1, 0.15) is 11.1 Å². The van der Waals surface area contributed by atoms with E-state index in [0.717, 1.165) is 5.56 Å². The van der Waals surface area contributed by atoms with Gasteiger partial charge in [-0.2, -0.15) is 0 Å². The van der Waals surface area contributed by atoms with Crippen molar-refractivity contribution in [3.05, 3.63) is 67.7 Å². The fourth-order valence-corrected chi connectivity index (χ4v) is 2.17. The number of rotatable bonds is 4. The molecule has 2 rings (SSSR count). The fourth-order valence-electron chi connectivity index (χ4n) is 1.80. The fraction of sp³-hybridized carbons (Fsp3) is 0.143. The summed E-state index contributed by atoms with van der Waals surface area (Å²) < 4.78 is 0. The van der Waals surface area contributed by atoms with Crippen LogP contribution in [0, 0.1) is 17.0 Å². The molecule has 0 aliphatic carbocycles. The van der Waals surface area contributed by atoms with Crippen LogP contribution in [0.2, 0.25) is 10.0 Å². The first-order chi connectivity index (χ1) is 9.49. The highest BCUT2D eigenvalue weighted by molar-refractivity contribution is 6.43. The maximum absolute atomic E-state index is 10.9. The molecule has 0 radical (unpaired) electrons. The smallest absolute Gasteiger partial charge is 0.272 e. The highest BCUT2D eigenvalue weighted by Crippen LogP contribution is 2.30. The minimum atomic E-state index is -0.384. The second kappa shape index (κ2) is 6.11. The Hall–Kier alpha value is -1.78. The van der Waals surface area contributed by atoms with E-state index in [0.29, 0.717) is 27.8 Å². The molecule has 104 valence electrons. The van der Waals surface area contributed by atoms with Crippen molar-refractivity contribution in [1.29, 1.82) is 0 Å². The predicted molar refractivity (Wildman–Crippen MR) is 81.6 cm³/mol. The number of nitrogens with zero attached hydrogens (tertiary/aromatic N) is 1. The van der Waals surface area contributed by atoms with E-state index in [1.54, 1.807) is 37.3 Å². The molecule has 0 amide bonds. The van der Waals surface area contributed by atoms with E-state index >= 15 is 0 Å². The summed E-state index contributed by atoms with van der Waals surface area (Å²) in [5.41, 5.74) is 2.25. The normalized spacial score (nSPS) is 10.3. The van der Waals surface area contributed by atoms with Gasteiger partial charge in [-0.05, 0) is 24.6 Å². The van der Waals surface area contributed by atoms with Crippen molar-refractivity contribution < 1.29 is 4.92 Å². The SMILES string of the molecule is Cc1ccc(CNc2cccc(Cl)c2Cl)cc1[N+](=O)[O-]. The van der Waals surface area contributed by atoms with Crippen LogP contribution in [0.15, 0.2) is 36.4 Å². The molecule has 2 aromatic rings. The van der Waals surface area contributed by atoms with Gasteiger partial charge in [0.1, 0.15) is 0 Å². The standard InChI is InChI=1S/C14H12Cl2N2O2/c1-9-5-6-10(7-13(9)18(19)20)8-17-12-4-2-3-11(15)14(12)16/h2-7,17H,8H2,1H3. The van der Waals surface area contributed by atoms with Gasteiger partial charge in [-0.25, -0.2) is 0 Å². The number of nitro groups is 1. The van der Waals surface area contributed by atoms with Crippen LogP contribution in [0.25, 0.3) is 0 Å². The number of anilines is 1. The number of halogens is 2. The van der Waals surface area contributed by atoms with Crippen LogP contribution in [0.3, 0.4) is 0 Å². The van der Waals surface area contributed by atoms with E-state index in [-0.39, 0.29) is 10.6 Å². The third kappa shape index (κ3) is 3.21. The first-order valence-corrected chi connectivity index (χ1v) is 6.66. The van der Waals surface area contributed by atoms with Crippen LogP contribution < -0.4 is 5.32 Å². The molecule has 0 aromatic heterocycles. The zero-order valence-electron chi connectivity index (χ0n) is 10.7. The van der Waals surface area contributed by atoms with Crippen molar-refractivity contribution in [2.45, 2.75) is 13.5 Å². The van der Waals surface area contributed by atoms with Crippen molar-refractivity contribution in [2.75, 3.05) is 5.32 Å². The van der Waals surface area contributed by atoms with E-state index in [2.05, 4.69) is 5.32 Å². The van der Waals surface area contributed by atoms with E-state index < -0.39 is 0 Å². The number of hydrogen-bond donors (Lipinski definition) is 1. The molecule has 0 bridgehead atoms. The minimum Gasteiger partial charge on any atom is -0.380 e. The Morgan fingerprint density at radius 2 is 2.00 bits per heavy atom. The summed E-state index contributed by atoms with van der Waals surface area (Å²) in [5.74, 6) is 0. The highest BCUT2D eigenvalue weighted by atomic mass is 35.5. The van der Waals surface area contributed by atoms with Crippen LogP contribution in [-0.4, -0.2) is 4.92 Å². The summed E-state index contributed by atoms with van der Waals surface area (Å²) in [5, 5.41) is 14.9.